The number of nitrogens with zero attached hydrogens (tertiary/aromatic N) is 2. The van der Waals surface area contributed by atoms with Crippen molar-refractivity contribution in [2.45, 2.75) is 6.18 Å². The lowest BCUT2D eigenvalue weighted by Gasteiger charge is -2.36. The highest BCUT2D eigenvalue weighted by molar-refractivity contribution is 6.33. The molecule has 1 amide bonds. The summed E-state index contributed by atoms with van der Waals surface area (Å²) in [7, 11) is 0. The van der Waals surface area contributed by atoms with Gasteiger partial charge in [0.2, 0.25) is 5.91 Å². The van der Waals surface area contributed by atoms with Gasteiger partial charge in [-0.2, -0.15) is 13.2 Å². The predicted octanol–water partition coefficient (Wildman–Crippen LogP) is 4.54. The SMILES string of the molecule is Cl.O=C(CN1CCN(c2ccccc2Cl)CC1)Nc1cccc(C(F)(F)F)c1. The van der Waals surface area contributed by atoms with Crippen LogP contribution in [0.25, 0.3) is 0 Å². The fourth-order valence-corrected chi connectivity index (χ4v) is 3.29. The Kier molecular flexibility index (Phi) is 7.57. The Labute approximate surface area is 172 Å². The number of para-hydroxylation sites is 1. The maximum atomic E-state index is 12.7. The van der Waals surface area contributed by atoms with Crippen LogP contribution in [-0.4, -0.2) is 43.5 Å². The van der Waals surface area contributed by atoms with Crippen LogP contribution in [-0.2, 0) is 11.0 Å². The van der Waals surface area contributed by atoms with E-state index in [9.17, 15) is 18.0 Å². The van der Waals surface area contributed by atoms with Crippen LogP contribution in [0.2, 0.25) is 5.02 Å². The number of hydrogen-bond donors (Lipinski definition) is 1. The van der Waals surface area contributed by atoms with Crippen molar-refractivity contribution in [3.05, 3.63) is 59.1 Å². The molecule has 9 heteroatoms. The normalized spacial score (nSPS) is 15.1. The second kappa shape index (κ2) is 9.49. The molecule has 0 atom stereocenters. The van der Waals surface area contributed by atoms with Gasteiger partial charge in [0.25, 0.3) is 0 Å². The standard InChI is InChI=1S/C19H19ClF3N3O.ClH/c20-16-6-1-2-7-17(16)26-10-8-25(9-11-26)13-18(27)24-15-5-3-4-14(12-15)19(21,22)23;/h1-7,12H,8-11,13H2,(H,24,27);1H. The number of piperazine rings is 1. The van der Waals surface area contributed by atoms with Crippen LogP contribution in [0.3, 0.4) is 0 Å². The lowest BCUT2D eigenvalue weighted by Crippen LogP contribution is -2.48. The Morgan fingerprint density at radius 1 is 1.04 bits per heavy atom. The number of anilines is 2. The molecule has 0 unspecified atom stereocenters. The molecule has 0 bridgehead atoms. The fourth-order valence-electron chi connectivity index (χ4n) is 3.03. The third kappa shape index (κ3) is 5.77. The summed E-state index contributed by atoms with van der Waals surface area (Å²) in [6.45, 7) is 2.91. The second-order valence-corrected chi connectivity index (χ2v) is 6.75. The molecule has 0 aliphatic carbocycles. The van der Waals surface area contributed by atoms with Gasteiger partial charge in [-0.1, -0.05) is 29.8 Å². The summed E-state index contributed by atoms with van der Waals surface area (Å²) in [4.78, 5) is 16.3. The first-order valence-electron chi connectivity index (χ1n) is 8.52. The van der Waals surface area contributed by atoms with Crippen molar-refractivity contribution in [3.63, 3.8) is 0 Å². The van der Waals surface area contributed by atoms with E-state index in [0.717, 1.165) is 30.9 Å². The molecule has 0 aromatic heterocycles. The molecule has 2 aromatic rings. The Bertz CT molecular complexity index is 809. The molecule has 1 fully saturated rings. The highest BCUT2D eigenvalue weighted by Crippen LogP contribution is 2.30. The number of carbonyl (C=O) groups is 1. The van der Waals surface area contributed by atoms with Crippen molar-refractivity contribution in [3.8, 4) is 0 Å². The lowest BCUT2D eigenvalue weighted by atomic mass is 10.2. The summed E-state index contributed by atoms with van der Waals surface area (Å²) >= 11 is 6.21. The van der Waals surface area contributed by atoms with E-state index in [0.29, 0.717) is 18.1 Å². The smallest absolute Gasteiger partial charge is 0.368 e. The summed E-state index contributed by atoms with van der Waals surface area (Å²) < 4.78 is 38.2. The number of amides is 1. The predicted molar refractivity (Wildman–Crippen MR) is 107 cm³/mol. The summed E-state index contributed by atoms with van der Waals surface area (Å²) in [5.41, 5.74) is 0.324. The molecule has 0 saturated carbocycles. The number of alkyl halides is 3. The Balaban J connectivity index is 0.00000280. The van der Waals surface area contributed by atoms with Crippen LogP contribution in [0.4, 0.5) is 24.5 Å². The van der Waals surface area contributed by atoms with Gasteiger partial charge in [-0.15, -0.1) is 12.4 Å². The topological polar surface area (TPSA) is 35.6 Å². The van der Waals surface area contributed by atoms with Crippen LogP contribution in [0, 0.1) is 0 Å². The van der Waals surface area contributed by atoms with E-state index in [2.05, 4.69) is 10.2 Å². The minimum Gasteiger partial charge on any atom is -0.368 e. The molecular weight excluding hydrogens is 414 g/mol. The lowest BCUT2D eigenvalue weighted by molar-refractivity contribution is -0.137. The largest absolute Gasteiger partial charge is 0.416 e. The first kappa shape index (κ1) is 22.3. The Morgan fingerprint density at radius 3 is 2.36 bits per heavy atom. The molecule has 1 aliphatic heterocycles. The van der Waals surface area contributed by atoms with Crippen molar-refractivity contribution in [2.24, 2.45) is 0 Å². The maximum absolute atomic E-state index is 12.7. The van der Waals surface area contributed by atoms with E-state index in [1.54, 1.807) is 0 Å². The maximum Gasteiger partial charge on any atom is 0.416 e. The van der Waals surface area contributed by atoms with E-state index in [1.807, 2.05) is 29.2 Å². The summed E-state index contributed by atoms with van der Waals surface area (Å²) in [6.07, 6.45) is -4.43. The van der Waals surface area contributed by atoms with Gasteiger partial charge in [-0.25, -0.2) is 0 Å². The highest BCUT2D eigenvalue weighted by Gasteiger charge is 2.30. The molecule has 4 nitrogen and oxygen atoms in total. The number of benzene rings is 2. The van der Waals surface area contributed by atoms with E-state index in [-0.39, 0.29) is 30.5 Å². The fraction of sp³-hybridized carbons (Fsp3) is 0.316. The van der Waals surface area contributed by atoms with Gasteiger partial charge in [0.05, 0.1) is 22.8 Å². The van der Waals surface area contributed by atoms with Gasteiger partial charge >= 0.3 is 6.18 Å². The van der Waals surface area contributed by atoms with Gasteiger partial charge in [0, 0.05) is 31.9 Å². The number of rotatable bonds is 4. The van der Waals surface area contributed by atoms with Crippen molar-refractivity contribution >= 4 is 41.3 Å². The first-order chi connectivity index (χ1) is 12.8. The van der Waals surface area contributed by atoms with E-state index >= 15 is 0 Å². The van der Waals surface area contributed by atoms with Crippen LogP contribution in [0.5, 0.6) is 0 Å². The first-order valence-corrected chi connectivity index (χ1v) is 8.90. The zero-order chi connectivity index (χ0) is 19.4. The van der Waals surface area contributed by atoms with E-state index < -0.39 is 11.7 Å². The van der Waals surface area contributed by atoms with Gasteiger partial charge < -0.3 is 10.2 Å². The highest BCUT2D eigenvalue weighted by atomic mass is 35.5. The molecule has 28 heavy (non-hydrogen) atoms. The van der Waals surface area contributed by atoms with Gasteiger partial charge in [0.15, 0.2) is 0 Å². The molecule has 3 rings (SSSR count). The second-order valence-electron chi connectivity index (χ2n) is 6.34. The van der Waals surface area contributed by atoms with Crippen LogP contribution in [0.1, 0.15) is 5.56 Å². The minimum absolute atomic E-state index is 0. The van der Waals surface area contributed by atoms with Crippen molar-refractivity contribution < 1.29 is 18.0 Å². The Hall–Kier alpha value is -1.96. The van der Waals surface area contributed by atoms with Crippen molar-refractivity contribution in [1.29, 1.82) is 0 Å². The third-order valence-electron chi connectivity index (χ3n) is 4.41. The molecule has 1 N–H and O–H groups in total. The number of nitrogens with one attached hydrogen (secondary N) is 1. The van der Waals surface area contributed by atoms with Crippen LogP contribution < -0.4 is 10.2 Å². The molecule has 2 aromatic carbocycles. The summed E-state index contributed by atoms with van der Waals surface area (Å²) in [5, 5.41) is 3.23. The number of carbonyl (C=O) groups excluding carboxylic acids is 1. The molecule has 0 radical (unpaired) electrons. The van der Waals surface area contributed by atoms with Gasteiger partial charge in [0.1, 0.15) is 0 Å². The van der Waals surface area contributed by atoms with Crippen LogP contribution in [0.15, 0.2) is 48.5 Å². The average Bonchev–Trinajstić information content (AvgIpc) is 2.62. The molecule has 1 heterocycles. The zero-order valence-corrected chi connectivity index (χ0v) is 16.4. The molecule has 1 saturated heterocycles. The van der Waals surface area contributed by atoms with Gasteiger partial charge in [-0.05, 0) is 30.3 Å². The summed E-state index contributed by atoms with van der Waals surface area (Å²) in [6, 6.07) is 12.2. The minimum atomic E-state index is -4.43. The number of hydrogen-bond acceptors (Lipinski definition) is 3. The zero-order valence-electron chi connectivity index (χ0n) is 14.9. The van der Waals surface area contributed by atoms with Gasteiger partial charge in [-0.3, -0.25) is 9.69 Å². The van der Waals surface area contributed by atoms with E-state index in [4.69, 9.17) is 11.6 Å². The summed E-state index contributed by atoms with van der Waals surface area (Å²) in [5.74, 6) is -0.333. The molecule has 1 aliphatic rings. The molecule has 0 spiro atoms. The quantitative estimate of drug-likeness (QED) is 0.768. The number of halogens is 5. The molecule has 152 valence electrons. The average molecular weight is 434 g/mol. The Morgan fingerprint density at radius 2 is 1.71 bits per heavy atom. The van der Waals surface area contributed by atoms with Crippen molar-refractivity contribution in [1.82, 2.24) is 4.90 Å². The monoisotopic (exact) mass is 433 g/mol. The third-order valence-corrected chi connectivity index (χ3v) is 4.73. The van der Waals surface area contributed by atoms with Crippen LogP contribution >= 0.6 is 24.0 Å². The van der Waals surface area contributed by atoms with E-state index in [1.165, 1.54) is 12.1 Å². The van der Waals surface area contributed by atoms with Crippen molar-refractivity contribution in [2.75, 3.05) is 42.9 Å². The molecular formula is C19H20Cl2F3N3O.